The van der Waals surface area contributed by atoms with E-state index < -0.39 is 0 Å². The normalized spacial score (nSPS) is 33.0. The summed E-state index contributed by atoms with van der Waals surface area (Å²) in [5.41, 5.74) is 11.6. The van der Waals surface area contributed by atoms with Gasteiger partial charge in [-0.1, -0.05) is 48.5 Å². The molecule has 3 N–H and O–H groups in total. The van der Waals surface area contributed by atoms with Crippen LogP contribution in [0.5, 0.6) is 0 Å². The molecule has 0 unspecified atom stereocenters. The summed E-state index contributed by atoms with van der Waals surface area (Å²) in [6.45, 7) is 0. The van der Waals surface area contributed by atoms with E-state index in [0.29, 0.717) is 17.9 Å². The van der Waals surface area contributed by atoms with Crippen LogP contribution in [0, 0.1) is 29.1 Å². The van der Waals surface area contributed by atoms with Gasteiger partial charge in [-0.25, -0.2) is 0 Å². The van der Waals surface area contributed by atoms with Gasteiger partial charge in [0.05, 0.1) is 6.04 Å². The molecule has 4 saturated carbocycles. The highest BCUT2D eigenvalue weighted by atomic mass is 15.3. The average molecular weight is 358 g/mol. The molecule has 138 valence electrons. The first kappa shape index (κ1) is 15.7. The molecule has 5 aliphatic carbocycles. The van der Waals surface area contributed by atoms with E-state index in [1.54, 1.807) is 0 Å². The monoisotopic (exact) mass is 357 g/mol. The molecule has 0 saturated heterocycles. The minimum absolute atomic E-state index is 0.0948. The van der Waals surface area contributed by atoms with Gasteiger partial charge in [-0.3, -0.25) is 5.41 Å². The summed E-state index contributed by atoms with van der Waals surface area (Å²) >= 11 is 0. The van der Waals surface area contributed by atoms with E-state index in [4.69, 9.17) is 11.1 Å². The summed E-state index contributed by atoms with van der Waals surface area (Å²) in [5, 5.41) is 8.58. The van der Waals surface area contributed by atoms with Gasteiger partial charge in [0.2, 0.25) is 0 Å². The molecule has 27 heavy (non-hydrogen) atoms. The van der Waals surface area contributed by atoms with E-state index in [9.17, 15) is 0 Å². The molecule has 4 fully saturated rings. The van der Waals surface area contributed by atoms with Gasteiger partial charge in [0.15, 0.2) is 5.96 Å². The van der Waals surface area contributed by atoms with Crippen molar-refractivity contribution in [1.29, 1.82) is 5.41 Å². The van der Waals surface area contributed by atoms with Gasteiger partial charge in [-0.05, 0) is 78.0 Å². The number of guanidine groups is 1. The van der Waals surface area contributed by atoms with Gasteiger partial charge in [-0.15, -0.1) is 0 Å². The topological polar surface area (TPSA) is 53.1 Å². The van der Waals surface area contributed by atoms with E-state index in [-0.39, 0.29) is 12.0 Å². The van der Waals surface area contributed by atoms with E-state index in [2.05, 4.69) is 53.4 Å². The van der Waals surface area contributed by atoms with Crippen molar-refractivity contribution in [2.24, 2.45) is 29.4 Å². The van der Waals surface area contributed by atoms with Crippen LogP contribution >= 0.6 is 0 Å². The molecular weight excluding hydrogens is 330 g/mol. The van der Waals surface area contributed by atoms with Crippen LogP contribution < -0.4 is 5.73 Å². The number of nitrogens with zero attached hydrogens (tertiary/aromatic N) is 1. The predicted molar refractivity (Wildman–Crippen MR) is 108 cm³/mol. The van der Waals surface area contributed by atoms with Crippen LogP contribution in [0.2, 0.25) is 0 Å². The number of nitrogens with one attached hydrogen (secondary N) is 1. The molecule has 5 aliphatic rings. The van der Waals surface area contributed by atoms with Gasteiger partial charge in [0.25, 0.3) is 0 Å². The lowest BCUT2D eigenvalue weighted by atomic mass is 9.53. The minimum Gasteiger partial charge on any atom is -0.370 e. The number of hydrogen-bond acceptors (Lipinski definition) is 1. The molecule has 4 bridgehead atoms. The molecule has 0 amide bonds. The Hall–Kier alpha value is -2.29. The van der Waals surface area contributed by atoms with Crippen molar-refractivity contribution in [3.8, 4) is 11.1 Å². The first-order valence-electron chi connectivity index (χ1n) is 10.5. The van der Waals surface area contributed by atoms with Crippen molar-refractivity contribution in [2.45, 2.75) is 44.2 Å². The number of rotatable bonds is 2. The number of hydrogen-bond donors (Lipinski definition) is 2. The molecule has 0 aliphatic heterocycles. The summed E-state index contributed by atoms with van der Waals surface area (Å²) in [4.78, 5) is 2.32. The number of benzene rings is 2. The zero-order valence-corrected chi connectivity index (χ0v) is 15.6. The summed E-state index contributed by atoms with van der Waals surface area (Å²) in [6, 6.07) is 18.0. The predicted octanol–water partition coefficient (Wildman–Crippen LogP) is 4.78. The van der Waals surface area contributed by atoms with Gasteiger partial charge < -0.3 is 10.6 Å². The lowest BCUT2D eigenvalue weighted by Gasteiger charge is -2.58. The second-order valence-corrected chi connectivity index (χ2v) is 9.29. The Balaban J connectivity index is 1.49. The van der Waals surface area contributed by atoms with Gasteiger partial charge in [-0.2, -0.15) is 0 Å². The van der Waals surface area contributed by atoms with Crippen LogP contribution in [0.3, 0.4) is 0 Å². The third-order valence-corrected chi connectivity index (χ3v) is 7.86. The molecule has 3 nitrogen and oxygen atoms in total. The van der Waals surface area contributed by atoms with E-state index in [0.717, 1.165) is 11.8 Å². The van der Waals surface area contributed by atoms with Crippen LogP contribution in [0.15, 0.2) is 48.5 Å². The molecule has 7 rings (SSSR count). The van der Waals surface area contributed by atoms with Crippen molar-refractivity contribution in [1.82, 2.24) is 4.90 Å². The van der Waals surface area contributed by atoms with Crippen LogP contribution in [0.1, 0.15) is 49.3 Å². The molecular formula is C24H27N3. The second kappa shape index (κ2) is 5.60. The van der Waals surface area contributed by atoms with E-state index in [1.807, 2.05) is 0 Å². The zero-order chi connectivity index (χ0) is 18.1. The fourth-order valence-corrected chi connectivity index (χ4v) is 7.25. The van der Waals surface area contributed by atoms with Gasteiger partial charge in [0.1, 0.15) is 0 Å². The van der Waals surface area contributed by atoms with Gasteiger partial charge in [0, 0.05) is 6.04 Å². The maximum absolute atomic E-state index is 8.58. The Kier molecular flexibility index (Phi) is 3.27. The van der Waals surface area contributed by atoms with Crippen molar-refractivity contribution in [2.75, 3.05) is 0 Å². The Labute approximate surface area is 161 Å². The van der Waals surface area contributed by atoms with Crippen molar-refractivity contribution >= 4 is 5.96 Å². The van der Waals surface area contributed by atoms with Crippen molar-refractivity contribution in [3.63, 3.8) is 0 Å². The van der Waals surface area contributed by atoms with Crippen LogP contribution in [-0.4, -0.2) is 16.9 Å². The van der Waals surface area contributed by atoms with Crippen molar-refractivity contribution < 1.29 is 0 Å². The maximum Gasteiger partial charge on any atom is 0.189 e. The molecule has 0 aromatic heterocycles. The second-order valence-electron chi connectivity index (χ2n) is 9.29. The zero-order valence-electron chi connectivity index (χ0n) is 15.6. The van der Waals surface area contributed by atoms with Crippen molar-refractivity contribution in [3.05, 3.63) is 59.7 Å². The number of fused-ring (bicyclic) bond motifs is 3. The Morgan fingerprint density at radius 1 is 0.778 bits per heavy atom. The Bertz CT molecular complexity index is 844. The molecule has 3 heteroatoms. The largest absolute Gasteiger partial charge is 0.370 e. The molecule has 2 aromatic rings. The standard InChI is InChI=1S/C24H27N3/c25-24(26)27(22-16-10-14-9-15(12-16)13-17(22)11-14)23-20-7-3-1-5-18(20)19-6-2-4-8-21(19)23/h1-8,14-17,22-23H,9-13H2,(H3,25,26). The fraction of sp³-hybridized carbons (Fsp3) is 0.458. The molecule has 2 aromatic carbocycles. The lowest BCUT2D eigenvalue weighted by Crippen LogP contribution is -2.59. The smallest absolute Gasteiger partial charge is 0.189 e. The number of nitrogens with two attached hydrogens (primary N) is 1. The fourth-order valence-electron chi connectivity index (χ4n) is 7.25. The van der Waals surface area contributed by atoms with Crippen LogP contribution in [-0.2, 0) is 0 Å². The van der Waals surface area contributed by atoms with E-state index in [1.165, 1.54) is 54.4 Å². The molecule has 0 spiro atoms. The Morgan fingerprint density at radius 2 is 1.26 bits per heavy atom. The summed E-state index contributed by atoms with van der Waals surface area (Å²) in [6.07, 6.45) is 6.83. The van der Waals surface area contributed by atoms with Crippen LogP contribution in [0.25, 0.3) is 11.1 Å². The van der Waals surface area contributed by atoms with E-state index >= 15 is 0 Å². The summed E-state index contributed by atoms with van der Waals surface area (Å²) < 4.78 is 0. The molecule has 0 heterocycles. The summed E-state index contributed by atoms with van der Waals surface area (Å²) in [7, 11) is 0. The SMILES string of the molecule is N=C(N)N(C1c2ccccc2-c2ccccc21)C1C2CC3CC(C2)CC1C3. The lowest BCUT2D eigenvalue weighted by molar-refractivity contribution is -0.0514. The Morgan fingerprint density at radius 3 is 1.74 bits per heavy atom. The molecule has 0 radical (unpaired) electrons. The van der Waals surface area contributed by atoms with Crippen LogP contribution in [0.4, 0.5) is 0 Å². The molecule has 0 atom stereocenters. The highest BCUT2D eigenvalue weighted by Gasteiger charge is 2.52. The minimum atomic E-state index is 0.0948. The first-order chi connectivity index (χ1) is 13.2. The first-order valence-corrected chi connectivity index (χ1v) is 10.5. The van der Waals surface area contributed by atoms with Gasteiger partial charge >= 0.3 is 0 Å². The average Bonchev–Trinajstić information content (AvgIpc) is 2.98. The quantitative estimate of drug-likeness (QED) is 0.600. The third kappa shape index (κ3) is 2.17. The highest BCUT2D eigenvalue weighted by molar-refractivity contribution is 5.83. The maximum atomic E-state index is 8.58. The summed E-state index contributed by atoms with van der Waals surface area (Å²) in [5.74, 6) is 3.54. The third-order valence-electron chi connectivity index (χ3n) is 7.86. The highest BCUT2D eigenvalue weighted by Crippen LogP contribution is 2.57.